The second kappa shape index (κ2) is 8.41. The Morgan fingerprint density at radius 2 is 1.82 bits per heavy atom. The molecule has 2 rings (SSSR count). The Labute approximate surface area is 164 Å². The first-order valence-corrected chi connectivity index (χ1v) is 9.16. The topological polar surface area (TPSA) is 105 Å². The zero-order chi connectivity index (χ0) is 20.9. The Morgan fingerprint density at radius 3 is 2.43 bits per heavy atom. The third kappa shape index (κ3) is 5.80. The van der Waals surface area contributed by atoms with Gasteiger partial charge in [0.05, 0.1) is 6.42 Å². The number of imide groups is 1. The molecular weight excluding hydrogens is 362 g/mol. The summed E-state index contributed by atoms with van der Waals surface area (Å²) in [6.45, 7) is 6.67. The molecule has 1 heterocycles. The number of urea groups is 1. The predicted molar refractivity (Wildman–Crippen MR) is 102 cm³/mol. The van der Waals surface area contributed by atoms with Gasteiger partial charge in [0, 0.05) is 0 Å². The lowest BCUT2D eigenvalue weighted by atomic mass is 9.92. The van der Waals surface area contributed by atoms with Crippen molar-refractivity contribution in [2.24, 2.45) is 5.41 Å². The molecule has 8 heteroatoms. The van der Waals surface area contributed by atoms with E-state index in [9.17, 15) is 19.2 Å². The van der Waals surface area contributed by atoms with Crippen LogP contribution in [0.4, 0.5) is 4.79 Å². The van der Waals surface area contributed by atoms with Crippen molar-refractivity contribution in [2.75, 3.05) is 6.61 Å². The van der Waals surface area contributed by atoms with Gasteiger partial charge in [0.25, 0.3) is 11.8 Å². The van der Waals surface area contributed by atoms with Crippen LogP contribution in [0.15, 0.2) is 30.3 Å². The minimum absolute atomic E-state index is 0.154. The van der Waals surface area contributed by atoms with Gasteiger partial charge >= 0.3 is 12.0 Å². The van der Waals surface area contributed by atoms with Crippen LogP contribution in [0.5, 0.6) is 0 Å². The lowest BCUT2D eigenvalue weighted by molar-refractivity contribution is -0.152. The number of nitrogens with one attached hydrogen (secondary N) is 2. The van der Waals surface area contributed by atoms with E-state index < -0.39 is 36.0 Å². The number of hydrogen-bond donors (Lipinski definition) is 2. The number of hydrogen-bond acceptors (Lipinski definition) is 5. The molecule has 0 aromatic heterocycles. The molecule has 1 aliphatic rings. The quantitative estimate of drug-likeness (QED) is 0.548. The van der Waals surface area contributed by atoms with E-state index in [0.29, 0.717) is 17.9 Å². The molecule has 0 aliphatic carbocycles. The second-order valence-electron chi connectivity index (χ2n) is 8.32. The van der Waals surface area contributed by atoms with Crippen LogP contribution in [-0.4, -0.2) is 41.0 Å². The van der Waals surface area contributed by atoms with Crippen molar-refractivity contribution in [1.29, 1.82) is 0 Å². The van der Waals surface area contributed by atoms with E-state index in [-0.39, 0.29) is 11.8 Å². The Balaban J connectivity index is 1.88. The number of hydrazine groups is 1. The van der Waals surface area contributed by atoms with Crippen molar-refractivity contribution >= 4 is 23.8 Å². The molecule has 1 saturated heterocycles. The van der Waals surface area contributed by atoms with Gasteiger partial charge in [-0.1, -0.05) is 51.1 Å². The van der Waals surface area contributed by atoms with Crippen LogP contribution in [0.3, 0.4) is 0 Å². The van der Waals surface area contributed by atoms with Gasteiger partial charge in [0.1, 0.15) is 5.54 Å². The summed E-state index contributed by atoms with van der Waals surface area (Å²) >= 11 is 0. The summed E-state index contributed by atoms with van der Waals surface area (Å²) in [5.41, 5.74) is 1.86. The molecule has 28 heavy (non-hydrogen) atoms. The maximum Gasteiger partial charge on any atom is 0.344 e. The zero-order valence-electron chi connectivity index (χ0n) is 16.7. The van der Waals surface area contributed by atoms with Crippen LogP contribution in [0.25, 0.3) is 0 Å². The standard InChI is InChI=1S/C20H27N3O5/c1-19(2,3)12-16(25)28-13-15(24)22-23-17(26)20(4,21-18(23)27)11-10-14-8-6-5-7-9-14/h5-9H,10-13H2,1-4H3,(H,21,27)(H,22,24)/t20-/m1/s1. The van der Waals surface area contributed by atoms with E-state index in [1.54, 1.807) is 6.92 Å². The monoisotopic (exact) mass is 389 g/mol. The summed E-state index contributed by atoms with van der Waals surface area (Å²) in [5, 5.41) is 3.26. The molecule has 0 bridgehead atoms. The van der Waals surface area contributed by atoms with Gasteiger partial charge in [-0.3, -0.25) is 19.8 Å². The SMILES string of the molecule is CC(C)(C)CC(=O)OCC(=O)NN1C(=O)N[C@](C)(CCc2ccccc2)C1=O. The number of nitrogens with zero attached hydrogens (tertiary/aromatic N) is 1. The summed E-state index contributed by atoms with van der Waals surface area (Å²) in [6.07, 6.45) is 1.13. The third-order valence-corrected chi connectivity index (χ3v) is 4.29. The highest BCUT2D eigenvalue weighted by Gasteiger charge is 2.48. The molecule has 1 fully saturated rings. The van der Waals surface area contributed by atoms with Gasteiger partial charge < -0.3 is 10.1 Å². The maximum absolute atomic E-state index is 12.6. The summed E-state index contributed by atoms with van der Waals surface area (Å²) < 4.78 is 4.90. The maximum atomic E-state index is 12.6. The molecule has 0 unspecified atom stereocenters. The van der Waals surface area contributed by atoms with E-state index in [2.05, 4.69) is 10.7 Å². The summed E-state index contributed by atoms with van der Waals surface area (Å²) in [5.74, 6) is -1.83. The van der Waals surface area contributed by atoms with E-state index in [0.717, 1.165) is 5.56 Å². The molecular formula is C20H27N3O5. The number of aryl methyl sites for hydroxylation is 1. The highest BCUT2D eigenvalue weighted by atomic mass is 16.5. The van der Waals surface area contributed by atoms with Crippen molar-refractivity contribution in [2.45, 2.75) is 52.5 Å². The van der Waals surface area contributed by atoms with Crippen LogP contribution in [0.1, 0.15) is 46.1 Å². The number of carbonyl (C=O) groups is 4. The molecule has 8 nitrogen and oxygen atoms in total. The summed E-state index contributed by atoms with van der Waals surface area (Å²) in [7, 11) is 0. The smallest absolute Gasteiger partial charge is 0.344 e. The number of esters is 1. The first-order valence-electron chi connectivity index (χ1n) is 9.16. The lowest BCUT2D eigenvalue weighted by Gasteiger charge is -2.21. The van der Waals surface area contributed by atoms with Crippen LogP contribution in [0, 0.1) is 5.41 Å². The number of rotatable bonds is 7. The first-order chi connectivity index (χ1) is 13.0. The van der Waals surface area contributed by atoms with Crippen molar-refractivity contribution in [3.8, 4) is 0 Å². The van der Waals surface area contributed by atoms with Crippen LogP contribution in [0.2, 0.25) is 0 Å². The first kappa shape index (κ1) is 21.4. The lowest BCUT2D eigenvalue weighted by Crippen LogP contribution is -2.50. The molecule has 1 aromatic carbocycles. The van der Waals surface area contributed by atoms with Crippen LogP contribution in [-0.2, 0) is 25.5 Å². The minimum Gasteiger partial charge on any atom is -0.455 e. The zero-order valence-corrected chi connectivity index (χ0v) is 16.7. The Kier molecular flexibility index (Phi) is 6.43. The van der Waals surface area contributed by atoms with E-state index in [1.807, 2.05) is 51.1 Å². The summed E-state index contributed by atoms with van der Waals surface area (Å²) in [4.78, 5) is 48.5. The highest BCUT2D eigenvalue weighted by Crippen LogP contribution is 2.22. The number of carbonyl (C=O) groups excluding carboxylic acids is 4. The molecule has 0 radical (unpaired) electrons. The van der Waals surface area contributed by atoms with Crippen molar-refractivity contribution in [3.05, 3.63) is 35.9 Å². The van der Waals surface area contributed by atoms with Gasteiger partial charge in [-0.05, 0) is 30.7 Å². The number of ether oxygens (including phenoxy) is 1. The molecule has 1 atom stereocenters. The van der Waals surface area contributed by atoms with Gasteiger partial charge in [0.15, 0.2) is 6.61 Å². The molecule has 152 valence electrons. The fraction of sp³-hybridized carbons (Fsp3) is 0.500. The third-order valence-electron chi connectivity index (χ3n) is 4.29. The Morgan fingerprint density at radius 1 is 1.18 bits per heavy atom. The molecule has 1 aliphatic heterocycles. The van der Waals surface area contributed by atoms with Gasteiger partial charge in [0.2, 0.25) is 0 Å². The number of benzene rings is 1. The van der Waals surface area contributed by atoms with Crippen LogP contribution >= 0.6 is 0 Å². The van der Waals surface area contributed by atoms with E-state index in [4.69, 9.17) is 4.74 Å². The van der Waals surface area contributed by atoms with Crippen LogP contribution < -0.4 is 10.7 Å². The molecule has 0 spiro atoms. The van der Waals surface area contributed by atoms with Gasteiger partial charge in [-0.2, -0.15) is 5.01 Å². The number of amides is 4. The highest BCUT2D eigenvalue weighted by molar-refractivity contribution is 6.07. The normalized spacial score (nSPS) is 19.4. The van der Waals surface area contributed by atoms with E-state index in [1.165, 1.54) is 0 Å². The van der Waals surface area contributed by atoms with Gasteiger partial charge in [-0.15, -0.1) is 0 Å². The molecule has 2 N–H and O–H groups in total. The largest absolute Gasteiger partial charge is 0.455 e. The Hall–Kier alpha value is -2.90. The predicted octanol–water partition coefficient (Wildman–Crippen LogP) is 1.94. The molecule has 1 aromatic rings. The van der Waals surface area contributed by atoms with E-state index >= 15 is 0 Å². The minimum atomic E-state index is -1.12. The fourth-order valence-electron chi connectivity index (χ4n) is 2.78. The van der Waals surface area contributed by atoms with Crippen molar-refractivity contribution in [1.82, 2.24) is 15.8 Å². The Bertz CT molecular complexity index is 757. The van der Waals surface area contributed by atoms with Crippen molar-refractivity contribution in [3.63, 3.8) is 0 Å². The van der Waals surface area contributed by atoms with Gasteiger partial charge in [-0.25, -0.2) is 4.79 Å². The molecule has 4 amide bonds. The fourth-order valence-corrected chi connectivity index (χ4v) is 2.78. The average molecular weight is 389 g/mol. The second-order valence-corrected chi connectivity index (χ2v) is 8.32. The molecule has 0 saturated carbocycles. The van der Waals surface area contributed by atoms with Crippen molar-refractivity contribution < 1.29 is 23.9 Å². The average Bonchev–Trinajstić information content (AvgIpc) is 2.81. The summed E-state index contributed by atoms with van der Waals surface area (Å²) in [6, 6.07) is 8.88.